The van der Waals surface area contributed by atoms with Gasteiger partial charge in [0.25, 0.3) is 0 Å². The molecule has 0 unspecified atom stereocenters. The number of rotatable bonds is 1. The van der Waals surface area contributed by atoms with Crippen LogP contribution in [0.5, 0.6) is 0 Å². The van der Waals surface area contributed by atoms with Gasteiger partial charge < -0.3 is 0 Å². The van der Waals surface area contributed by atoms with E-state index in [1.54, 1.807) is 6.07 Å². The molecule has 0 spiro atoms. The van der Waals surface area contributed by atoms with Gasteiger partial charge in [-0.1, -0.05) is 69.3 Å². The molecular formula is C17H20. The predicted octanol–water partition coefficient (Wildman–Crippen LogP) is 4.96. The highest BCUT2D eigenvalue weighted by Gasteiger charge is 2.16. The molecule has 0 radical (unpaired) electrons. The number of hydrogen-bond acceptors (Lipinski definition) is 0. The Labute approximate surface area is 109 Å². The van der Waals surface area contributed by atoms with Crippen LogP contribution in [-0.4, -0.2) is 0 Å². The monoisotopic (exact) mass is 227 g/mol. The van der Waals surface area contributed by atoms with E-state index in [0.717, 1.165) is 16.7 Å². The van der Waals surface area contributed by atoms with E-state index in [1.807, 2.05) is 63.2 Å². The maximum absolute atomic E-state index is 7.70. The molecule has 0 aromatic heterocycles. The van der Waals surface area contributed by atoms with Gasteiger partial charge >= 0.3 is 0 Å². The summed E-state index contributed by atoms with van der Waals surface area (Å²) in [5.41, 5.74) is 3.30. The highest BCUT2D eigenvalue weighted by Crippen LogP contribution is 2.30. The fraction of sp³-hybridized carbons (Fsp3) is 0.294. The average molecular weight is 227 g/mol. The largest absolute Gasteiger partial charge is 0.0622 e. The average Bonchev–Trinajstić information content (AvgIpc) is 2.37. The molecule has 0 saturated heterocycles. The summed E-state index contributed by atoms with van der Waals surface area (Å²) in [5, 5.41) is 0. The van der Waals surface area contributed by atoms with Crippen LogP contribution in [0, 0.1) is 6.85 Å². The van der Waals surface area contributed by atoms with Crippen molar-refractivity contribution in [1.29, 1.82) is 0 Å². The molecule has 2 aromatic rings. The highest BCUT2D eigenvalue weighted by molar-refractivity contribution is 5.65. The lowest BCUT2D eigenvalue weighted by molar-refractivity contribution is 0.586. The van der Waals surface area contributed by atoms with Crippen molar-refractivity contribution in [2.24, 2.45) is 0 Å². The summed E-state index contributed by atoms with van der Waals surface area (Å²) in [6.45, 7) is 4.07. The summed E-state index contributed by atoms with van der Waals surface area (Å²) >= 11 is 0. The van der Waals surface area contributed by atoms with Gasteiger partial charge in [0, 0.05) is 4.11 Å². The van der Waals surface area contributed by atoms with E-state index in [4.69, 9.17) is 4.11 Å². The first kappa shape index (κ1) is 8.52. The van der Waals surface area contributed by atoms with E-state index in [-0.39, 0.29) is 5.41 Å². The predicted molar refractivity (Wildman–Crippen MR) is 75.3 cm³/mol. The van der Waals surface area contributed by atoms with Gasteiger partial charge in [0.1, 0.15) is 0 Å². The van der Waals surface area contributed by atoms with Gasteiger partial charge in [-0.25, -0.2) is 0 Å². The summed E-state index contributed by atoms with van der Waals surface area (Å²) in [7, 11) is 0. The molecule has 0 aliphatic carbocycles. The van der Waals surface area contributed by atoms with Crippen molar-refractivity contribution in [1.82, 2.24) is 0 Å². The lowest BCUT2D eigenvalue weighted by atomic mass is 9.82. The Balaban J connectivity index is 2.62. The molecule has 2 aromatic carbocycles. The third-order valence-corrected chi connectivity index (χ3v) is 2.93. The van der Waals surface area contributed by atoms with E-state index >= 15 is 0 Å². The summed E-state index contributed by atoms with van der Waals surface area (Å²) in [5.74, 6) is 0. The second kappa shape index (κ2) is 4.37. The van der Waals surface area contributed by atoms with Crippen molar-refractivity contribution < 1.29 is 4.11 Å². The minimum absolute atomic E-state index is 0.200. The molecule has 0 heteroatoms. The Morgan fingerprint density at radius 1 is 0.882 bits per heavy atom. The third kappa shape index (κ3) is 2.58. The van der Waals surface area contributed by atoms with E-state index in [2.05, 4.69) is 0 Å². The summed E-state index contributed by atoms with van der Waals surface area (Å²) in [6, 6.07) is 15.7. The van der Waals surface area contributed by atoms with Gasteiger partial charge in [-0.05, 0) is 34.5 Å². The van der Waals surface area contributed by atoms with Crippen molar-refractivity contribution in [3.8, 4) is 11.1 Å². The van der Waals surface area contributed by atoms with Crippen LogP contribution >= 0.6 is 0 Å². The molecule has 0 fully saturated rings. The van der Waals surface area contributed by atoms with Crippen LogP contribution in [0.3, 0.4) is 0 Å². The van der Waals surface area contributed by atoms with Gasteiger partial charge in [-0.2, -0.15) is 0 Å². The molecule has 17 heavy (non-hydrogen) atoms. The lowest BCUT2D eigenvalue weighted by Crippen LogP contribution is -2.13. The molecule has 0 saturated carbocycles. The smallest absolute Gasteiger partial charge is 0.0280 e. The fourth-order valence-electron chi connectivity index (χ4n) is 1.97. The number of aryl methyl sites for hydroxylation is 1. The standard InChI is InChI=1S/C17H20/c1-13-10-11-15(12-16(13)17(2,3)4)14-8-6-5-7-9-14/h5-12H,1-4H3/i1D3. The molecule has 0 aliphatic heterocycles. The Hall–Kier alpha value is -1.56. The van der Waals surface area contributed by atoms with Crippen molar-refractivity contribution in [3.63, 3.8) is 0 Å². The van der Waals surface area contributed by atoms with Gasteiger partial charge in [0.15, 0.2) is 0 Å². The third-order valence-electron chi connectivity index (χ3n) is 2.93. The molecule has 0 aliphatic rings. The first-order chi connectivity index (χ1) is 9.19. The molecule has 88 valence electrons. The second-order valence-corrected chi connectivity index (χ2v) is 5.38. The zero-order chi connectivity index (χ0) is 15.0. The van der Waals surface area contributed by atoms with E-state index < -0.39 is 6.85 Å². The van der Waals surface area contributed by atoms with E-state index in [0.29, 0.717) is 5.56 Å². The number of benzene rings is 2. The van der Waals surface area contributed by atoms with Crippen LogP contribution in [0.15, 0.2) is 48.5 Å². The first-order valence-corrected chi connectivity index (χ1v) is 5.90. The molecule has 0 N–H and O–H groups in total. The SMILES string of the molecule is [2H]C([2H])([2H])c1ccc(-c2ccccc2)cc1C(C)(C)C. The minimum Gasteiger partial charge on any atom is -0.0622 e. The van der Waals surface area contributed by atoms with E-state index in [1.165, 1.54) is 0 Å². The lowest BCUT2D eigenvalue weighted by Gasteiger charge is -2.22. The first-order valence-electron chi connectivity index (χ1n) is 7.40. The van der Waals surface area contributed by atoms with Crippen LogP contribution in [0.1, 0.15) is 36.0 Å². The molecule has 0 heterocycles. The molecule has 0 bridgehead atoms. The maximum Gasteiger partial charge on any atom is 0.0280 e. The Morgan fingerprint density at radius 3 is 2.18 bits per heavy atom. The van der Waals surface area contributed by atoms with Gasteiger partial charge in [0.05, 0.1) is 0 Å². The van der Waals surface area contributed by atoms with Gasteiger partial charge in [-0.3, -0.25) is 0 Å². The van der Waals surface area contributed by atoms with Crippen LogP contribution < -0.4 is 0 Å². The van der Waals surface area contributed by atoms with Crippen LogP contribution in [0.4, 0.5) is 0 Å². The summed E-state index contributed by atoms with van der Waals surface area (Å²) in [6.07, 6.45) is 0. The normalized spacial score (nSPS) is 14.9. The van der Waals surface area contributed by atoms with E-state index in [9.17, 15) is 0 Å². The van der Waals surface area contributed by atoms with Crippen molar-refractivity contribution in [3.05, 3.63) is 59.7 Å². The Kier molecular flexibility index (Phi) is 2.19. The van der Waals surface area contributed by atoms with Crippen LogP contribution in [0.25, 0.3) is 11.1 Å². The maximum atomic E-state index is 7.70. The zero-order valence-corrected chi connectivity index (χ0v) is 10.6. The second-order valence-electron chi connectivity index (χ2n) is 5.38. The Bertz CT molecular complexity index is 590. The van der Waals surface area contributed by atoms with Crippen molar-refractivity contribution in [2.75, 3.05) is 0 Å². The van der Waals surface area contributed by atoms with Crippen LogP contribution in [0.2, 0.25) is 0 Å². The minimum atomic E-state index is -2.07. The molecule has 0 nitrogen and oxygen atoms in total. The van der Waals surface area contributed by atoms with Crippen molar-refractivity contribution in [2.45, 2.75) is 33.0 Å². The quantitative estimate of drug-likeness (QED) is 0.646. The summed E-state index contributed by atoms with van der Waals surface area (Å²) in [4.78, 5) is 0. The molecule has 2 rings (SSSR count). The zero-order valence-electron chi connectivity index (χ0n) is 13.6. The summed E-state index contributed by atoms with van der Waals surface area (Å²) < 4.78 is 23.1. The van der Waals surface area contributed by atoms with Crippen LogP contribution in [-0.2, 0) is 5.41 Å². The topological polar surface area (TPSA) is 0 Å². The van der Waals surface area contributed by atoms with Gasteiger partial charge in [0.2, 0.25) is 0 Å². The molecule has 0 atom stereocenters. The van der Waals surface area contributed by atoms with Gasteiger partial charge in [-0.15, -0.1) is 0 Å². The highest BCUT2D eigenvalue weighted by atomic mass is 14.2. The Morgan fingerprint density at radius 2 is 1.59 bits per heavy atom. The van der Waals surface area contributed by atoms with Crippen molar-refractivity contribution >= 4 is 0 Å². The molecular weight excluding hydrogens is 204 g/mol. The molecule has 0 amide bonds. The fourth-order valence-corrected chi connectivity index (χ4v) is 1.97. The number of hydrogen-bond donors (Lipinski definition) is 0.